The van der Waals surface area contributed by atoms with E-state index >= 15 is 0 Å². The van der Waals surface area contributed by atoms with Crippen molar-refractivity contribution in [1.29, 1.82) is 0 Å². The predicted molar refractivity (Wildman–Crippen MR) is 170 cm³/mol. The van der Waals surface area contributed by atoms with Crippen molar-refractivity contribution in [3.8, 4) is 22.6 Å². The predicted octanol–water partition coefficient (Wildman–Crippen LogP) is 4.13. The van der Waals surface area contributed by atoms with Gasteiger partial charge in [0.2, 0.25) is 0 Å². The van der Waals surface area contributed by atoms with Crippen molar-refractivity contribution in [2.75, 3.05) is 31.2 Å². The molecule has 13 nitrogen and oxygen atoms in total. The van der Waals surface area contributed by atoms with E-state index < -0.39 is 16.3 Å². The average Bonchev–Trinajstić information content (AvgIpc) is 3.61. The van der Waals surface area contributed by atoms with Crippen molar-refractivity contribution in [2.45, 2.75) is 19.9 Å². The van der Waals surface area contributed by atoms with Crippen molar-refractivity contribution in [1.82, 2.24) is 33.4 Å². The van der Waals surface area contributed by atoms with Crippen LogP contribution in [0.3, 0.4) is 0 Å². The summed E-state index contributed by atoms with van der Waals surface area (Å²) < 4.78 is 37.5. The maximum absolute atomic E-state index is 13.8. The highest BCUT2D eigenvalue weighted by molar-refractivity contribution is 7.90. The van der Waals surface area contributed by atoms with Crippen LogP contribution in [0.15, 0.2) is 78.1 Å². The maximum atomic E-state index is 13.8. The molecule has 3 N–H and O–H groups in total. The quantitative estimate of drug-likeness (QED) is 0.220. The maximum Gasteiger partial charge on any atom is 0.301 e. The van der Waals surface area contributed by atoms with Gasteiger partial charge in [0.15, 0.2) is 5.82 Å². The second-order valence-electron chi connectivity index (χ2n) is 10.5. The minimum atomic E-state index is -3.76. The second-order valence-corrected chi connectivity index (χ2v) is 12.4. The van der Waals surface area contributed by atoms with Gasteiger partial charge in [0, 0.05) is 38.1 Å². The summed E-state index contributed by atoms with van der Waals surface area (Å²) >= 11 is 0. The van der Waals surface area contributed by atoms with Crippen molar-refractivity contribution in [2.24, 2.45) is 0 Å². The first-order valence-electron chi connectivity index (χ1n) is 13.7. The summed E-state index contributed by atoms with van der Waals surface area (Å²) in [4.78, 5) is 26.0. The summed E-state index contributed by atoms with van der Waals surface area (Å²) in [6.07, 6.45) is 4.99. The number of H-pyrrole nitrogens is 1. The van der Waals surface area contributed by atoms with E-state index in [2.05, 4.69) is 25.0 Å². The van der Waals surface area contributed by atoms with E-state index in [4.69, 9.17) is 9.84 Å². The number of aromatic nitrogens is 6. The van der Waals surface area contributed by atoms with Gasteiger partial charge in [-0.1, -0.05) is 18.2 Å². The van der Waals surface area contributed by atoms with Crippen LogP contribution in [0.5, 0.6) is 5.75 Å². The topological polar surface area (TPSA) is 152 Å². The summed E-state index contributed by atoms with van der Waals surface area (Å²) in [5, 5.41) is 8.95. The minimum absolute atomic E-state index is 0.184. The molecule has 14 heteroatoms. The molecule has 0 bridgehead atoms. The molecule has 6 aromatic rings. The Bertz CT molecular complexity index is 2170. The fourth-order valence-corrected chi connectivity index (χ4v) is 5.68. The van der Waals surface area contributed by atoms with Crippen LogP contribution < -0.4 is 20.3 Å². The number of ether oxygens (including phenoxy) is 1. The summed E-state index contributed by atoms with van der Waals surface area (Å²) in [5.74, 6) is 1.43. The lowest BCUT2D eigenvalue weighted by molar-refractivity contribution is 0.415. The fraction of sp³-hybridized carbons (Fsp3) is 0.200. The molecule has 0 fully saturated rings. The molecule has 0 radical (unpaired) electrons. The Morgan fingerprint density at radius 1 is 1.07 bits per heavy atom. The van der Waals surface area contributed by atoms with Crippen LogP contribution in [0.2, 0.25) is 0 Å². The molecule has 2 aromatic carbocycles. The monoisotopic (exact) mass is 613 g/mol. The second kappa shape index (κ2) is 11.1. The van der Waals surface area contributed by atoms with Crippen molar-refractivity contribution in [3.05, 3.63) is 95.1 Å². The summed E-state index contributed by atoms with van der Waals surface area (Å²) in [6.45, 7) is 3.79. The summed E-state index contributed by atoms with van der Waals surface area (Å²) in [6, 6.07) is 15.9. The molecule has 0 aliphatic carbocycles. The Morgan fingerprint density at radius 3 is 2.57 bits per heavy atom. The van der Waals surface area contributed by atoms with Gasteiger partial charge in [-0.05, 0) is 55.3 Å². The van der Waals surface area contributed by atoms with Crippen LogP contribution >= 0.6 is 0 Å². The number of aryl methyl sites for hydroxylation is 1. The molecule has 0 spiro atoms. The average molecular weight is 614 g/mol. The zero-order valence-electron chi connectivity index (χ0n) is 24.7. The van der Waals surface area contributed by atoms with Crippen LogP contribution in [-0.2, 0) is 10.2 Å². The number of fused-ring (bicyclic) bond motifs is 2. The van der Waals surface area contributed by atoms with Crippen LogP contribution in [-0.4, -0.2) is 63.1 Å². The van der Waals surface area contributed by atoms with Crippen LogP contribution in [0.25, 0.3) is 33.4 Å². The third-order valence-corrected chi connectivity index (χ3v) is 8.77. The van der Waals surface area contributed by atoms with Gasteiger partial charge in [-0.2, -0.15) is 17.8 Å². The molecule has 4 aromatic heterocycles. The van der Waals surface area contributed by atoms with Crippen LogP contribution in [0.4, 0.5) is 11.5 Å². The van der Waals surface area contributed by atoms with Gasteiger partial charge in [-0.3, -0.25) is 14.1 Å². The van der Waals surface area contributed by atoms with Crippen molar-refractivity contribution < 1.29 is 13.2 Å². The van der Waals surface area contributed by atoms with Gasteiger partial charge in [0.25, 0.3) is 5.56 Å². The molecule has 44 heavy (non-hydrogen) atoms. The molecule has 0 aliphatic rings. The normalized spacial score (nSPS) is 12.6. The third-order valence-electron chi connectivity index (χ3n) is 7.32. The Morgan fingerprint density at radius 2 is 1.84 bits per heavy atom. The Kier molecular flexibility index (Phi) is 7.31. The smallest absolute Gasteiger partial charge is 0.301 e. The van der Waals surface area contributed by atoms with E-state index in [1.54, 1.807) is 39.7 Å². The molecule has 0 aliphatic heterocycles. The number of nitrogens with one attached hydrogen (secondary N) is 3. The molecule has 0 saturated heterocycles. The SMILES string of the molecule is COc1cc(NS(=O)(=O)N(C)C)cc(-c2c[nH]c3ncnc(N[C@@H](C)c4nn5ccc(C)c5c(=O)n4-c4ccccc4)c23)c1. The number of hydrogen-bond acceptors (Lipinski definition) is 8. The van der Waals surface area contributed by atoms with Crippen molar-refractivity contribution in [3.63, 3.8) is 0 Å². The first-order valence-corrected chi connectivity index (χ1v) is 15.2. The van der Waals surface area contributed by atoms with Gasteiger partial charge < -0.3 is 15.0 Å². The molecule has 4 heterocycles. The molecule has 0 unspecified atom stereocenters. The first kappa shape index (κ1) is 28.9. The van der Waals surface area contributed by atoms with Gasteiger partial charge >= 0.3 is 10.2 Å². The Labute approximate surface area is 253 Å². The number of benzene rings is 2. The largest absolute Gasteiger partial charge is 0.497 e. The molecule has 1 atom stereocenters. The van der Waals surface area contributed by atoms with Crippen molar-refractivity contribution >= 4 is 38.3 Å². The number of rotatable bonds is 9. The van der Waals surface area contributed by atoms with Gasteiger partial charge in [-0.15, -0.1) is 0 Å². The van der Waals surface area contributed by atoms with E-state index in [9.17, 15) is 13.2 Å². The van der Waals surface area contributed by atoms with E-state index in [0.717, 1.165) is 9.87 Å². The highest BCUT2D eigenvalue weighted by atomic mass is 32.2. The van der Waals surface area contributed by atoms with Crippen LogP contribution in [0.1, 0.15) is 24.4 Å². The minimum Gasteiger partial charge on any atom is -0.497 e. The molecule has 226 valence electrons. The lowest BCUT2D eigenvalue weighted by atomic mass is 10.0. The lowest BCUT2D eigenvalue weighted by Gasteiger charge is -2.20. The molecule has 6 rings (SSSR count). The van der Waals surface area contributed by atoms with Crippen LogP contribution in [0, 0.1) is 6.92 Å². The van der Waals surface area contributed by atoms with E-state index in [-0.39, 0.29) is 5.56 Å². The number of nitrogens with zero attached hydrogens (tertiary/aromatic N) is 6. The number of para-hydroxylation sites is 1. The number of anilines is 2. The lowest BCUT2D eigenvalue weighted by Crippen LogP contribution is -2.29. The van der Waals surface area contributed by atoms with E-state index in [0.29, 0.717) is 56.4 Å². The fourth-order valence-electron chi connectivity index (χ4n) is 5.08. The number of aromatic amines is 1. The van der Waals surface area contributed by atoms with Gasteiger partial charge in [-0.25, -0.2) is 14.5 Å². The first-order chi connectivity index (χ1) is 21.1. The van der Waals surface area contributed by atoms with Gasteiger partial charge in [0.05, 0.1) is 29.9 Å². The molecular formula is C30H31N9O4S. The third kappa shape index (κ3) is 5.14. The highest BCUT2D eigenvalue weighted by Gasteiger charge is 2.22. The standard InChI is InChI=1S/C30H31N9O4S/c1-18-11-12-38-26(18)30(40)39(22-9-7-6-8-10-22)29(35-38)19(2)34-28-25-24(16-31-27(25)32-17-33-28)20-13-21(15-23(14-20)43-5)36-44(41,42)37(3)4/h6-17,19,36H,1-5H3,(H2,31,32,33,34)/t19-/m0/s1. The highest BCUT2D eigenvalue weighted by Crippen LogP contribution is 2.36. The Hall–Kier alpha value is -5.21. The number of hydrogen-bond donors (Lipinski definition) is 3. The Balaban J connectivity index is 1.46. The number of methoxy groups -OCH3 is 1. The van der Waals surface area contributed by atoms with Gasteiger partial charge in [0.1, 0.15) is 29.1 Å². The molecular weight excluding hydrogens is 582 g/mol. The summed E-state index contributed by atoms with van der Waals surface area (Å²) in [7, 11) is 0.646. The van der Waals surface area contributed by atoms with E-state index in [1.807, 2.05) is 50.2 Å². The molecule has 0 saturated carbocycles. The molecule has 0 amide bonds. The zero-order valence-corrected chi connectivity index (χ0v) is 25.5. The summed E-state index contributed by atoms with van der Waals surface area (Å²) in [5.41, 5.74) is 4.11. The zero-order chi connectivity index (χ0) is 31.2. The van der Waals surface area contributed by atoms with E-state index in [1.165, 1.54) is 27.5 Å².